The third-order valence-corrected chi connectivity index (χ3v) is 3.53. The number of nitrogens with one attached hydrogen (secondary N) is 1. The molecule has 6 nitrogen and oxygen atoms in total. The van der Waals surface area contributed by atoms with Gasteiger partial charge in [0.15, 0.2) is 0 Å². The monoisotopic (exact) mass is 308 g/mol. The minimum Gasteiger partial charge on any atom is -0.493 e. The molecule has 1 aliphatic heterocycles. The summed E-state index contributed by atoms with van der Waals surface area (Å²) in [7, 11) is 1.66. The topological polar surface area (TPSA) is 82.8 Å². The molecule has 6 heteroatoms. The average molecular weight is 308 g/mol. The molecule has 0 bridgehead atoms. The van der Waals surface area contributed by atoms with E-state index in [4.69, 9.17) is 19.9 Å². The van der Waals surface area contributed by atoms with Crippen LogP contribution in [0.25, 0.3) is 0 Å². The van der Waals surface area contributed by atoms with Gasteiger partial charge in [0, 0.05) is 38.4 Å². The molecule has 2 atom stereocenters. The molecule has 1 fully saturated rings. The van der Waals surface area contributed by atoms with Crippen molar-refractivity contribution >= 4 is 11.6 Å². The molecule has 0 radical (unpaired) electrons. The molecule has 0 aliphatic carbocycles. The number of benzene rings is 1. The Hall–Kier alpha value is -1.63. The van der Waals surface area contributed by atoms with Crippen LogP contribution in [0.4, 0.5) is 5.69 Å². The maximum absolute atomic E-state index is 12.2. The van der Waals surface area contributed by atoms with Crippen molar-refractivity contribution in [2.75, 3.05) is 32.2 Å². The summed E-state index contributed by atoms with van der Waals surface area (Å²) in [5.74, 6) is 0.591. The van der Waals surface area contributed by atoms with Crippen LogP contribution >= 0.6 is 0 Å². The second kappa shape index (κ2) is 8.73. The molecule has 1 saturated heterocycles. The molecule has 3 N–H and O–H groups in total. The maximum Gasteiger partial charge on any atom is 0.253 e. The lowest BCUT2D eigenvalue weighted by molar-refractivity contribution is -0.126. The first-order chi connectivity index (χ1) is 10.7. The van der Waals surface area contributed by atoms with Gasteiger partial charge in [-0.1, -0.05) is 6.07 Å². The summed E-state index contributed by atoms with van der Waals surface area (Å²) in [6.45, 7) is 1.70. The highest BCUT2D eigenvalue weighted by Gasteiger charge is 2.29. The van der Waals surface area contributed by atoms with Crippen LogP contribution in [0.5, 0.6) is 5.75 Å². The molecule has 1 aliphatic rings. The Balaban J connectivity index is 1.83. The van der Waals surface area contributed by atoms with Crippen LogP contribution in [-0.2, 0) is 14.3 Å². The van der Waals surface area contributed by atoms with E-state index in [2.05, 4.69) is 5.32 Å². The van der Waals surface area contributed by atoms with E-state index in [0.717, 1.165) is 18.6 Å². The molecular formula is C16H24N2O4. The van der Waals surface area contributed by atoms with E-state index in [1.165, 1.54) is 0 Å². The third kappa shape index (κ3) is 4.98. The summed E-state index contributed by atoms with van der Waals surface area (Å²) in [4.78, 5) is 12.2. The number of ether oxygens (including phenoxy) is 3. The second-order valence-electron chi connectivity index (χ2n) is 5.27. The Morgan fingerprint density at radius 1 is 1.41 bits per heavy atom. The number of anilines is 1. The summed E-state index contributed by atoms with van der Waals surface area (Å²) in [5.41, 5.74) is 6.26. The van der Waals surface area contributed by atoms with E-state index in [1.807, 2.05) is 18.2 Å². The molecule has 0 aromatic heterocycles. The number of rotatable bonds is 8. The first-order valence-corrected chi connectivity index (χ1v) is 7.61. The van der Waals surface area contributed by atoms with E-state index >= 15 is 0 Å². The van der Waals surface area contributed by atoms with Crippen molar-refractivity contribution in [1.29, 1.82) is 0 Å². The Labute approximate surface area is 130 Å². The number of amides is 1. The van der Waals surface area contributed by atoms with Gasteiger partial charge in [-0.3, -0.25) is 4.79 Å². The predicted molar refractivity (Wildman–Crippen MR) is 84.0 cm³/mol. The molecule has 1 heterocycles. The standard InChI is InChI=1S/C16H24N2O4/c1-20-8-3-9-21-13-5-2-4-12(10-13)18-16(19)15-7-6-14(11-17)22-15/h2,4-5,10,14-15H,3,6-9,11,17H2,1H3,(H,18,19)/t14-,15+/m1/s1. The van der Waals surface area contributed by atoms with Crippen molar-refractivity contribution in [2.24, 2.45) is 5.73 Å². The Morgan fingerprint density at radius 2 is 2.27 bits per heavy atom. The first kappa shape index (κ1) is 16.7. The van der Waals surface area contributed by atoms with Crippen LogP contribution in [0.15, 0.2) is 24.3 Å². The van der Waals surface area contributed by atoms with Gasteiger partial charge in [-0.2, -0.15) is 0 Å². The summed E-state index contributed by atoms with van der Waals surface area (Å²) >= 11 is 0. The average Bonchev–Trinajstić information content (AvgIpc) is 3.01. The van der Waals surface area contributed by atoms with E-state index < -0.39 is 6.10 Å². The second-order valence-corrected chi connectivity index (χ2v) is 5.27. The van der Waals surface area contributed by atoms with E-state index in [9.17, 15) is 4.79 Å². The summed E-state index contributed by atoms with van der Waals surface area (Å²) < 4.78 is 16.2. The molecule has 2 rings (SSSR count). The van der Waals surface area contributed by atoms with E-state index in [1.54, 1.807) is 13.2 Å². The Kier molecular flexibility index (Phi) is 6.64. The zero-order valence-electron chi connectivity index (χ0n) is 12.9. The normalized spacial score (nSPS) is 20.8. The predicted octanol–water partition coefficient (Wildman–Crippen LogP) is 1.55. The van der Waals surface area contributed by atoms with Gasteiger partial charge in [0.1, 0.15) is 11.9 Å². The zero-order chi connectivity index (χ0) is 15.8. The molecule has 1 amide bonds. The highest BCUT2D eigenvalue weighted by Crippen LogP contribution is 2.22. The molecule has 1 aromatic carbocycles. The van der Waals surface area contributed by atoms with E-state index in [0.29, 0.717) is 31.9 Å². The molecule has 22 heavy (non-hydrogen) atoms. The number of nitrogens with two attached hydrogens (primary N) is 1. The SMILES string of the molecule is COCCCOc1cccc(NC(=O)[C@@H]2CC[C@H](CN)O2)c1. The molecule has 122 valence electrons. The lowest BCUT2D eigenvalue weighted by Gasteiger charge is -2.13. The van der Waals surface area contributed by atoms with Gasteiger partial charge in [-0.15, -0.1) is 0 Å². The summed E-state index contributed by atoms with van der Waals surface area (Å²) in [6.07, 6.45) is 1.94. The fourth-order valence-electron chi connectivity index (χ4n) is 2.35. The molecule has 0 spiro atoms. The quantitative estimate of drug-likeness (QED) is 0.712. The fourth-order valence-corrected chi connectivity index (χ4v) is 2.35. The number of carbonyl (C=O) groups excluding carboxylic acids is 1. The van der Waals surface area contributed by atoms with Gasteiger partial charge in [-0.05, 0) is 25.0 Å². The van der Waals surface area contributed by atoms with Crippen molar-refractivity contribution in [1.82, 2.24) is 0 Å². The Bertz CT molecular complexity index is 481. The molecule has 0 saturated carbocycles. The molecule has 1 aromatic rings. The van der Waals surface area contributed by atoms with Crippen LogP contribution in [-0.4, -0.2) is 45.0 Å². The number of carbonyl (C=O) groups is 1. The minimum absolute atomic E-state index is 0.00815. The maximum atomic E-state index is 12.2. The van der Waals surface area contributed by atoms with Gasteiger partial charge < -0.3 is 25.3 Å². The first-order valence-electron chi connectivity index (χ1n) is 7.61. The zero-order valence-corrected chi connectivity index (χ0v) is 12.9. The van der Waals surface area contributed by atoms with Crippen molar-refractivity contribution in [3.8, 4) is 5.75 Å². The van der Waals surface area contributed by atoms with Crippen molar-refractivity contribution in [3.63, 3.8) is 0 Å². The number of hydrogen-bond donors (Lipinski definition) is 2. The van der Waals surface area contributed by atoms with Gasteiger partial charge in [0.25, 0.3) is 5.91 Å². The van der Waals surface area contributed by atoms with Gasteiger partial charge in [-0.25, -0.2) is 0 Å². The van der Waals surface area contributed by atoms with Gasteiger partial charge in [0.05, 0.1) is 12.7 Å². The van der Waals surface area contributed by atoms with Crippen LogP contribution in [0, 0.1) is 0 Å². The van der Waals surface area contributed by atoms with Crippen LogP contribution in [0.2, 0.25) is 0 Å². The summed E-state index contributed by atoms with van der Waals surface area (Å²) in [5, 5.41) is 2.86. The fraction of sp³-hybridized carbons (Fsp3) is 0.562. The highest BCUT2D eigenvalue weighted by atomic mass is 16.5. The number of hydrogen-bond acceptors (Lipinski definition) is 5. The van der Waals surface area contributed by atoms with Crippen molar-refractivity contribution in [2.45, 2.75) is 31.5 Å². The van der Waals surface area contributed by atoms with Crippen molar-refractivity contribution < 1.29 is 19.0 Å². The molecular weight excluding hydrogens is 284 g/mol. The smallest absolute Gasteiger partial charge is 0.253 e. The lowest BCUT2D eigenvalue weighted by atomic mass is 10.2. The Morgan fingerprint density at radius 3 is 3.00 bits per heavy atom. The van der Waals surface area contributed by atoms with Gasteiger partial charge in [0.2, 0.25) is 0 Å². The van der Waals surface area contributed by atoms with Crippen molar-refractivity contribution in [3.05, 3.63) is 24.3 Å². The molecule has 0 unspecified atom stereocenters. The minimum atomic E-state index is -0.417. The summed E-state index contributed by atoms with van der Waals surface area (Å²) in [6, 6.07) is 7.34. The number of methoxy groups -OCH3 is 1. The lowest BCUT2D eigenvalue weighted by Crippen LogP contribution is -2.29. The van der Waals surface area contributed by atoms with E-state index in [-0.39, 0.29) is 12.0 Å². The largest absolute Gasteiger partial charge is 0.493 e. The van der Waals surface area contributed by atoms with Gasteiger partial charge >= 0.3 is 0 Å². The third-order valence-electron chi connectivity index (χ3n) is 3.53. The highest BCUT2D eigenvalue weighted by molar-refractivity contribution is 5.94. The van der Waals surface area contributed by atoms with Crippen LogP contribution in [0.1, 0.15) is 19.3 Å². The van der Waals surface area contributed by atoms with Crippen LogP contribution in [0.3, 0.4) is 0 Å². The van der Waals surface area contributed by atoms with Crippen LogP contribution < -0.4 is 15.8 Å².